The second-order valence-electron chi connectivity index (χ2n) is 2.59. The van der Waals surface area contributed by atoms with E-state index in [1.54, 1.807) is 0 Å². The summed E-state index contributed by atoms with van der Waals surface area (Å²) in [6, 6.07) is 0.380. The fraction of sp³-hybridized carbons (Fsp3) is 1.00. The van der Waals surface area contributed by atoms with Crippen LogP contribution in [0.1, 0.15) is 13.8 Å². The Labute approximate surface area is 57.9 Å². The van der Waals surface area contributed by atoms with Gasteiger partial charge >= 0.3 is 0 Å². The lowest BCUT2D eigenvalue weighted by molar-refractivity contribution is 0.485. The van der Waals surface area contributed by atoms with E-state index >= 15 is 0 Å². The molecule has 2 atom stereocenters. The zero-order valence-corrected chi connectivity index (χ0v) is 6.49. The molecule has 2 N–H and O–H groups in total. The molecule has 1 fully saturated rings. The highest BCUT2D eigenvalue weighted by atomic mass is 32.2. The van der Waals surface area contributed by atoms with Gasteiger partial charge in [-0.1, -0.05) is 13.8 Å². The molecule has 1 aliphatic heterocycles. The summed E-state index contributed by atoms with van der Waals surface area (Å²) in [5, 5.41) is 0. The van der Waals surface area contributed by atoms with Crippen LogP contribution in [0.4, 0.5) is 0 Å². The maximum atomic E-state index is 10.6. The molecule has 0 aromatic rings. The third-order valence-corrected chi connectivity index (χ3v) is 2.44. The van der Waals surface area contributed by atoms with Gasteiger partial charge in [0.25, 0.3) is 0 Å². The van der Waals surface area contributed by atoms with Crippen LogP contribution in [0, 0.1) is 5.92 Å². The Morgan fingerprint density at radius 3 is 2.56 bits per heavy atom. The van der Waals surface area contributed by atoms with Gasteiger partial charge in [-0.15, -0.1) is 0 Å². The number of hydrogen-bond donors (Lipinski definition) is 2. The molecular formula is C5H12N2OS. The molecule has 0 radical (unpaired) electrons. The molecule has 0 bridgehead atoms. The van der Waals surface area contributed by atoms with Crippen molar-refractivity contribution < 1.29 is 4.21 Å². The topological polar surface area (TPSA) is 41.1 Å². The standard InChI is InChI=1S/C5H12N2OS/c1-4(2)5-3-6-9(8)7-5/h4-7H,3H2,1-2H3. The Kier molecular flexibility index (Phi) is 2.21. The van der Waals surface area contributed by atoms with E-state index in [1.165, 1.54) is 0 Å². The second kappa shape index (κ2) is 2.77. The molecule has 1 aliphatic rings. The summed E-state index contributed by atoms with van der Waals surface area (Å²) >= 11 is -0.973. The van der Waals surface area contributed by atoms with Crippen molar-refractivity contribution in [2.75, 3.05) is 6.54 Å². The summed E-state index contributed by atoms with van der Waals surface area (Å²) in [7, 11) is 0. The first kappa shape index (κ1) is 7.18. The molecule has 9 heavy (non-hydrogen) atoms. The predicted octanol–water partition coefficient (Wildman–Crippen LogP) is -0.217. The average Bonchev–Trinajstić information content (AvgIpc) is 2.14. The normalized spacial score (nSPS) is 35.9. The van der Waals surface area contributed by atoms with E-state index in [0.29, 0.717) is 12.0 Å². The molecule has 54 valence electrons. The van der Waals surface area contributed by atoms with Gasteiger partial charge in [0.15, 0.2) is 11.2 Å². The Morgan fingerprint density at radius 1 is 1.67 bits per heavy atom. The number of hydrogen-bond acceptors (Lipinski definition) is 1. The fourth-order valence-electron chi connectivity index (χ4n) is 0.758. The van der Waals surface area contributed by atoms with E-state index in [2.05, 4.69) is 23.3 Å². The van der Waals surface area contributed by atoms with Crippen LogP contribution in [0.15, 0.2) is 0 Å². The average molecular weight is 148 g/mol. The molecule has 0 saturated carbocycles. The van der Waals surface area contributed by atoms with Crippen LogP contribution in [0.2, 0.25) is 0 Å². The van der Waals surface area contributed by atoms with Crippen LogP contribution in [0.3, 0.4) is 0 Å². The molecule has 0 spiro atoms. The first-order valence-electron chi connectivity index (χ1n) is 3.11. The molecule has 0 amide bonds. The van der Waals surface area contributed by atoms with Gasteiger partial charge in [0.2, 0.25) is 0 Å². The maximum absolute atomic E-state index is 10.6. The molecule has 0 aromatic heterocycles. The molecular weight excluding hydrogens is 136 g/mol. The van der Waals surface area contributed by atoms with Crippen molar-refractivity contribution in [2.45, 2.75) is 19.9 Å². The molecule has 1 heterocycles. The quantitative estimate of drug-likeness (QED) is 0.530. The van der Waals surface area contributed by atoms with E-state index in [9.17, 15) is 4.21 Å². The Balaban J connectivity index is 2.39. The highest BCUT2D eigenvalue weighted by molar-refractivity contribution is 7.81. The zero-order valence-electron chi connectivity index (χ0n) is 5.68. The molecule has 4 heteroatoms. The van der Waals surface area contributed by atoms with Gasteiger partial charge < -0.3 is 0 Å². The first-order valence-corrected chi connectivity index (χ1v) is 4.26. The summed E-state index contributed by atoms with van der Waals surface area (Å²) in [6.45, 7) is 5.05. The lowest BCUT2D eigenvalue weighted by atomic mass is 10.1. The third-order valence-electron chi connectivity index (χ3n) is 1.50. The third kappa shape index (κ3) is 1.74. The van der Waals surface area contributed by atoms with Gasteiger partial charge in [0.05, 0.1) is 0 Å². The van der Waals surface area contributed by atoms with E-state index in [0.717, 1.165) is 6.54 Å². The van der Waals surface area contributed by atoms with Gasteiger partial charge in [-0.2, -0.15) is 0 Å². The highest BCUT2D eigenvalue weighted by Crippen LogP contribution is 2.04. The van der Waals surface area contributed by atoms with Crippen LogP contribution in [0.25, 0.3) is 0 Å². The monoisotopic (exact) mass is 148 g/mol. The smallest absolute Gasteiger partial charge is 0.167 e. The Morgan fingerprint density at radius 2 is 2.33 bits per heavy atom. The second-order valence-corrected chi connectivity index (χ2v) is 3.65. The Hall–Kier alpha value is 0.0700. The summed E-state index contributed by atoms with van der Waals surface area (Å²) in [5.74, 6) is 0.559. The van der Waals surface area contributed by atoms with Crippen molar-refractivity contribution >= 4 is 11.2 Å². The van der Waals surface area contributed by atoms with Gasteiger partial charge in [-0.25, -0.2) is 13.7 Å². The van der Waals surface area contributed by atoms with Crippen LogP contribution in [-0.4, -0.2) is 16.8 Å². The predicted molar refractivity (Wildman–Crippen MR) is 37.9 cm³/mol. The fourth-order valence-corrected chi connectivity index (χ4v) is 1.80. The SMILES string of the molecule is CC(C)C1CNS(=O)N1. The lowest BCUT2D eigenvalue weighted by Crippen LogP contribution is -2.29. The minimum Gasteiger partial charge on any atom is -0.225 e. The first-order chi connectivity index (χ1) is 4.20. The largest absolute Gasteiger partial charge is 0.225 e. The van der Waals surface area contributed by atoms with E-state index in [1.807, 2.05) is 0 Å². The Bertz CT molecular complexity index is 126. The van der Waals surface area contributed by atoms with E-state index < -0.39 is 11.2 Å². The summed E-state index contributed by atoms with van der Waals surface area (Å²) in [5.41, 5.74) is 0. The van der Waals surface area contributed by atoms with Gasteiger partial charge in [0.1, 0.15) is 0 Å². The van der Waals surface area contributed by atoms with Crippen LogP contribution < -0.4 is 9.44 Å². The summed E-state index contributed by atoms with van der Waals surface area (Å²) in [6.07, 6.45) is 0. The molecule has 3 nitrogen and oxygen atoms in total. The molecule has 2 unspecified atom stereocenters. The van der Waals surface area contributed by atoms with Crippen LogP contribution in [-0.2, 0) is 11.2 Å². The summed E-state index contributed by atoms with van der Waals surface area (Å²) < 4.78 is 16.4. The van der Waals surface area contributed by atoms with Crippen molar-refractivity contribution in [3.05, 3.63) is 0 Å². The zero-order chi connectivity index (χ0) is 6.85. The molecule has 1 rings (SSSR count). The lowest BCUT2D eigenvalue weighted by Gasteiger charge is -2.10. The van der Waals surface area contributed by atoms with Crippen LogP contribution >= 0.6 is 0 Å². The van der Waals surface area contributed by atoms with Gasteiger partial charge in [-0.3, -0.25) is 0 Å². The minimum atomic E-state index is -0.973. The maximum Gasteiger partial charge on any atom is 0.167 e. The molecule has 0 aromatic carbocycles. The van der Waals surface area contributed by atoms with Crippen molar-refractivity contribution in [3.8, 4) is 0 Å². The van der Waals surface area contributed by atoms with Crippen molar-refractivity contribution in [1.29, 1.82) is 0 Å². The van der Waals surface area contributed by atoms with E-state index in [4.69, 9.17) is 0 Å². The van der Waals surface area contributed by atoms with Crippen molar-refractivity contribution in [2.24, 2.45) is 5.92 Å². The number of rotatable bonds is 1. The van der Waals surface area contributed by atoms with Crippen molar-refractivity contribution in [1.82, 2.24) is 9.44 Å². The molecule has 1 saturated heterocycles. The van der Waals surface area contributed by atoms with Gasteiger partial charge in [-0.05, 0) is 5.92 Å². The summed E-state index contributed by atoms with van der Waals surface area (Å²) in [4.78, 5) is 0. The number of nitrogens with one attached hydrogen (secondary N) is 2. The molecule has 0 aliphatic carbocycles. The van der Waals surface area contributed by atoms with E-state index in [-0.39, 0.29) is 0 Å². The van der Waals surface area contributed by atoms with Gasteiger partial charge in [0, 0.05) is 12.6 Å². The van der Waals surface area contributed by atoms with Crippen LogP contribution in [0.5, 0.6) is 0 Å². The van der Waals surface area contributed by atoms with Crippen molar-refractivity contribution in [3.63, 3.8) is 0 Å². The highest BCUT2D eigenvalue weighted by Gasteiger charge is 2.21. The minimum absolute atomic E-state index is 0.380.